The molecule has 1 heterocycles. The summed E-state index contributed by atoms with van der Waals surface area (Å²) in [6.07, 6.45) is 0. The molecule has 0 aromatic heterocycles. The standard InChI is InChI=1S/C2Br2F2S2/c3-1(4)7-2(5,6)8-1. The molecule has 1 aliphatic rings. The van der Waals surface area contributed by atoms with Crippen molar-refractivity contribution in [1.82, 2.24) is 0 Å². The Labute approximate surface area is 70.4 Å². The van der Waals surface area contributed by atoms with E-state index in [1.165, 1.54) is 0 Å². The Hall–Kier alpha value is 1.52. The van der Waals surface area contributed by atoms with Crippen LogP contribution in [0.2, 0.25) is 0 Å². The Balaban J connectivity index is 2.42. The van der Waals surface area contributed by atoms with Crippen molar-refractivity contribution in [3.05, 3.63) is 0 Å². The fourth-order valence-electron chi connectivity index (χ4n) is 0.284. The third kappa shape index (κ3) is 1.75. The van der Waals surface area contributed by atoms with Crippen molar-refractivity contribution in [2.45, 2.75) is 6.48 Å². The third-order valence-electron chi connectivity index (χ3n) is 0.475. The second kappa shape index (κ2) is 2.00. The molecule has 0 bridgehead atoms. The number of thioether (sulfide) groups is 2. The summed E-state index contributed by atoms with van der Waals surface area (Å²) in [7, 11) is 0. The monoisotopic (exact) mass is 284 g/mol. The van der Waals surface area contributed by atoms with E-state index in [4.69, 9.17) is 0 Å². The van der Waals surface area contributed by atoms with Crippen LogP contribution in [0.15, 0.2) is 0 Å². The van der Waals surface area contributed by atoms with E-state index in [9.17, 15) is 8.78 Å². The van der Waals surface area contributed by atoms with Gasteiger partial charge in [0.05, 0.1) is 0 Å². The van der Waals surface area contributed by atoms with Crippen molar-refractivity contribution in [2.24, 2.45) is 0 Å². The van der Waals surface area contributed by atoms with Crippen LogP contribution in [-0.2, 0) is 0 Å². The Kier molecular flexibility index (Phi) is 1.91. The maximum absolute atomic E-state index is 11.9. The van der Waals surface area contributed by atoms with E-state index in [0.717, 1.165) is 0 Å². The summed E-state index contributed by atoms with van der Waals surface area (Å²) < 4.78 is 20.6. The van der Waals surface area contributed by atoms with Gasteiger partial charge in [-0.1, -0.05) is 0 Å². The minimum Gasteiger partial charge on any atom is -0.182 e. The fraction of sp³-hybridized carbons (Fsp3) is 1.00. The van der Waals surface area contributed by atoms with Gasteiger partial charge in [-0.2, -0.15) is 8.78 Å². The van der Waals surface area contributed by atoms with Crippen molar-refractivity contribution in [1.29, 1.82) is 0 Å². The summed E-state index contributed by atoms with van der Waals surface area (Å²) in [6, 6.07) is 0. The molecule has 0 N–H and O–H groups in total. The van der Waals surface area contributed by atoms with Crippen LogP contribution in [0.3, 0.4) is 0 Å². The largest absolute Gasteiger partial charge is 0.347 e. The molecule has 8 heavy (non-hydrogen) atoms. The molecule has 0 aliphatic carbocycles. The highest BCUT2D eigenvalue weighted by atomic mass is 79.9. The average Bonchev–Trinajstić information content (AvgIpc) is 1.20. The van der Waals surface area contributed by atoms with Gasteiger partial charge in [-0.3, -0.25) is 0 Å². The van der Waals surface area contributed by atoms with Gasteiger partial charge in [-0.25, -0.2) is 0 Å². The highest BCUT2D eigenvalue weighted by Crippen LogP contribution is 2.72. The number of hydrogen-bond donors (Lipinski definition) is 0. The molecule has 6 heteroatoms. The first-order valence-corrected chi connectivity index (χ1v) is 4.79. The first-order chi connectivity index (χ1) is 3.41. The van der Waals surface area contributed by atoms with Gasteiger partial charge in [0.1, 0.15) is 0 Å². The molecular weight excluding hydrogens is 286 g/mol. The molecule has 1 fully saturated rings. The van der Waals surface area contributed by atoms with Crippen LogP contribution in [0.25, 0.3) is 0 Å². The minimum absolute atomic E-state index is 0.551. The lowest BCUT2D eigenvalue weighted by Crippen LogP contribution is -2.27. The van der Waals surface area contributed by atoms with Crippen LogP contribution in [0.4, 0.5) is 8.78 Å². The quantitative estimate of drug-likeness (QED) is 0.626. The zero-order valence-electron chi connectivity index (χ0n) is 3.33. The maximum atomic E-state index is 11.9. The summed E-state index contributed by atoms with van der Waals surface area (Å²) in [4.78, 5) is 0. The Morgan fingerprint density at radius 2 is 1.50 bits per heavy atom. The van der Waals surface area contributed by atoms with E-state index in [2.05, 4.69) is 31.9 Å². The van der Waals surface area contributed by atoms with Crippen molar-refractivity contribution in [3.63, 3.8) is 0 Å². The molecule has 0 spiro atoms. The smallest absolute Gasteiger partial charge is 0.182 e. The zero-order valence-corrected chi connectivity index (χ0v) is 8.13. The lowest BCUT2D eigenvalue weighted by molar-refractivity contribution is 0.207. The van der Waals surface area contributed by atoms with E-state index in [1.54, 1.807) is 0 Å². The van der Waals surface area contributed by atoms with Gasteiger partial charge in [-0.15, -0.1) is 0 Å². The van der Waals surface area contributed by atoms with Gasteiger partial charge in [0.2, 0.25) is 0 Å². The molecule has 0 aromatic rings. The number of halogens is 4. The van der Waals surface area contributed by atoms with Gasteiger partial charge in [0.25, 0.3) is 0 Å². The van der Waals surface area contributed by atoms with E-state index >= 15 is 0 Å². The molecule has 0 amide bonds. The van der Waals surface area contributed by atoms with Gasteiger partial charge in [0, 0.05) is 0 Å². The van der Waals surface area contributed by atoms with E-state index in [1.807, 2.05) is 0 Å². The zero-order chi connectivity index (χ0) is 6.41. The first kappa shape index (κ1) is 7.63. The molecule has 0 nitrogen and oxygen atoms in total. The second-order valence-electron chi connectivity index (χ2n) is 1.13. The molecule has 0 atom stereocenters. The van der Waals surface area contributed by atoms with Gasteiger partial charge < -0.3 is 0 Å². The Bertz CT molecular complexity index is 92.6. The SMILES string of the molecule is FC1(F)SC(Br)(Br)S1. The topological polar surface area (TPSA) is 0 Å². The number of hydrogen-bond acceptors (Lipinski definition) is 2. The minimum atomic E-state index is -2.60. The van der Waals surface area contributed by atoms with E-state index in [-0.39, 0.29) is 0 Å². The van der Waals surface area contributed by atoms with Crippen molar-refractivity contribution < 1.29 is 8.78 Å². The van der Waals surface area contributed by atoms with E-state index < -0.39 is 6.48 Å². The van der Waals surface area contributed by atoms with Crippen LogP contribution in [0.1, 0.15) is 0 Å². The van der Waals surface area contributed by atoms with Crippen molar-refractivity contribution in [3.8, 4) is 0 Å². The predicted octanol–water partition coefficient (Wildman–Crippen LogP) is 3.42. The van der Waals surface area contributed by atoms with Crippen molar-refractivity contribution in [2.75, 3.05) is 0 Å². The fourth-order valence-corrected chi connectivity index (χ4v) is 5.71. The number of rotatable bonds is 0. The summed E-state index contributed by atoms with van der Waals surface area (Å²) in [5.74, 6) is 0. The summed E-state index contributed by atoms with van der Waals surface area (Å²) >= 11 is 7.11. The molecule has 0 unspecified atom stereocenters. The third-order valence-corrected chi connectivity index (χ3v) is 4.37. The molecule has 48 valence electrons. The molecule has 0 radical (unpaired) electrons. The Morgan fingerprint density at radius 3 is 1.50 bits per heavy atom. The van der Waals surface area contributed by atoms with Gasteiger partial charge in [-0.05, 0) is 55.4 Å². The van der Waals surface area contributed by atoms with Gasteiger partial charge in [0.15, 0.2) is 1.90 Å². The highest BCUT2D eigenvalue weighted by molar-refractivity contribution is 9.32. The highest BCUT2D eigenvalue weighted by Gasteiger charge is 2.56. The molecule has 1 saturated heterocycles. The molecule has 1 rings (SSSR count). The predicted molar refractivity (Wildman–Crippen MR) is 40.7 cm³/mol. The Morgan fingerprint density at radius 1 is 1.12 bits per heavy atom. The summed E-state index contributed by atoms with van der Waals surface area (Å²) in [5.41, 5.74) is 0. The van der Waals surface area contributed by atoms with Crippen LogP contribution >= 0.6 is 55.4 Å². The van der Waals surface area contributed by atoms with Crippen molar-refractivity contribution >= 4 is 55.4 Å². The van der Waals surface area contributed by atoms with Crippen LogP contribution in [0, 0.1) is 0 Å². The average molecular weight is 286 g/mol. The summed E-state index contributed by atoms with van der Waals surface area (Å²) in [6.45, 7) is 0. The lowest BCUT2D eigenvalue weighted by Gasteiger charge is -2.35. The normalized spacial score (nSPS) is 31.5. The maximum Gasteiger partial charge on any atom is 0.347 e. The molecule has 1 aliphatic heterocycles. The van der Waals surface area contributed by atoms with Gasteiger partial charge >= 0.3 is 4.59 Å². The second-order valence-corrected chi connectivity index (χ2v) is 9.85. The molecule has 0 aromatic carbocycles. The number of alkyl halides is 4. The molecule has 0 saturated carbocycles. The first-order valence-electron chi connectivity index (χ1n) is 1.57. The van der Waals surface area contributed by atoms with Crippen LogP contribution < -0.4 is 0 Å². The summed E-state index contributed by atoms with van der Waals surface area (Å²) in [5, 5.41) is 0. The van der Waals surface area contributed by atoms with Crippen LogP contribution in [-0.4, -0.2) is 6.48 Å². The van der Waals surface area contributed by atoms with E-state index in [0.29, 0.717) is 23.5 Å². The lowest BCUT2D eigenvalue weighted by atomic mass is 11.6. The van der Waals surface area contributed by atoms with Crippen LogP contribution in [0.5, 0.6) is 0 Å². The molecular formula is C2Br2F2S2.